The molecule has 2 aromatic rings. The molecule has 1 atom stereocenters. The number of benzene rings is 1. The van der Waals surface area contributed by atoms with E-state index in [1.54, 1.807) is 24.5 Å². The minimum absolute atomic E-state index is 0.207. The van der Waals surface area contributed by atoms with Crippen molar-refractivity contribution in [3.63, 3.8) is 0 Å². The van der Waals surface area contributed by atoms with Crippen LogP contribution in [0.4, 0.5) is 0 Å². The van der Waals surface area contributed by atoms with Crippen LogP contribution in [0.3, 0.4) is 0 Å². The maximum absolute atomic E-state index is 12.6. The van der Waals surface area contributed by atoms with Crippen molar-refractivity contribution >= 4 is 11.8 Å². The van der Waals surface area contributed by atoms with Gasteiger partial charge >= 0.3 is 5.97 Å². The maximum atomic E-state index is 12.6. The molecule has 0 aliphatic heterocycles. The van der Waals surface area contributed by atoms with Crippen LogP contribution in [0.25, 0.3) is 0 Å². The van der Waals surface area contributed by atoms with E-state index in [1.165, 1.54) is 0 Å². The van der Waals surface area contributed by atoms with E-state index in [-0.39, 0.29) is 12.2 Å². The van der Waals surface area contributed by atoms with Crippen LogP contribution in [0, 0.1) is 0 Å². The second kappa shape index (κ2) is 8.36. The SMILES string of the molecule is CC(C)c1ccc(C(=O)C(CC(=O)O)NCc2ccncc2)cc1. The Kier molecular flexibility index (Phi) is 6.21. The summed E-state index contributed by atoms with van der Waals surface area (Å²) < 4.78 is 0. The highest BCUT2D eigenvalue weighted by Gasteiger charge is 2.22. The van der Waals surface area contributed by atoms with Gasteiger partial charge in [0.1, 0.15) is 0 Å². The summed E-state index contributed by atoms with van der Waals surface area (Å²) in [5.74, 6) is -0.829. The van der Waals surface area contributed by atoms with Crippen molar-refractivity contribution in [2.24, 2.45) is 0 Å². The monoisotopic (exact) mass is 326 g/mol. The molecule has 2 rings (SSSR count). The van der Waals surface area contributed by atoms with E-state index in [0.717, 1.165) is 11.1 Å². The van der Waals surface area contributed by atoms with E-state index in [9.17, 15) is 9.59 Å². The lowest BCUT2D eigenvalue weighted by Gasteiger charge is -2.16. The molecular weight excluding hydrogens is 304 g/mol. The molecule has 0 radical (unpaired) electrons. The van der Waals surface area contributed by atoms with E-state index in [4.69, 9.17) is 5.11 Å². The molecule has 0 bridgehead atoms. The van der Waals surface area contributed by atoms with Gasteiger partial charge in [0.2, 0.25) is 0 Å². The third-order valence-electron chi connectivity index (χ3n) is 3.86. The van der Waals surface area contributed by atoms with Crippen LogP contribution < -0.4 is 5.32 Å². The molecule has 1 unspecified atom stereocenters. The Labute approximate surface area is 141 Å². The molecule has 0 amide bonds. The van der Waals surface area contributed by atoms with Crippen molar-refractivity contribution in [3.05, 3.63) is 65.5 Å². The highest BCUT2D eigenvalue weighted by Crippen LogP contribution is 2.16. The highest BCUT2D eigenvalue weighted by molar-refractivity contribution is 6.01. The van der Waals surface area contributed by atoms with E-state index in [0.29, 0.717) is 18.0 Å². The van der Waals surface area contributed by atoms with Gasteiger partial charge in [-0.15, -0.1) is 0 Å². The lowest BCUT2D eigenvalue weighted by atomic mass is 9.97. The van der Waals surface area contributed by atoms with Crippen LogP contribution in [0.1, 0.15) is 47.7 Å². The number of carbonyl (C=O) groups is 2. The van der Waals surface area contributed by atoms with E-state index < -0.39 is 12.0 Å². The van der Waals surface area contributed by atoms with E-state index in [2.05, 4.69) is 24.1 Å². The Morgan fingerprint density at radius 3 is 2.25 bits per heavy atom. The molecule has 0 saturated heterocycles. The van der Waals surface area contributed by atoms with Crippen LogP contribution >= 0.6 is 0 Å². The number of nitrogens with one attached hydrogen (secondary N) is 1. The highest BCUT2D eigenvalue weighted by atomic mass is 16.4. The molecular formula is C19H22N2O3. The first-order chi connectivity index (χ1) is 11.5. The van der Waals surface area contributed by atoms with Crippen LogP contribution in [-0.4, -0.2) is 27.9 Å². The normalized spacial score (nSPS) is 12.1. The molecule has 5 nitrogen and oxygen atoms in total. The summed E-state index contributed by atoms with van der Waals surface area (Å²) in [4.78, 5) is 27.7. The number of hydrogen-bond donors (Lipinski definition) is 2. The molecule has 24 heavy (non-hydrogen) atoms. The second-order valence-electron chi connectivity index (χ2n) is 6.03. The lowest BCUT2D eigenvalue weighted by molar-refractivity contribution is -0.137. The molecule has 1 heterocycles. The van der Waals surface area contributed by atoms with Crippen molar-refractivity contribution < 1.29 is 14.7 Å². The summed E-state index contributed by atoms with van der Waals surface area (Å²) >= 11 is 0. The smallest absolute Gasteiger partial charge is 0.305 e. The molecule has 1 aromatic heterocycles. The number of carboxylic acids is 1. The number of pyridine rings is 1. The second-order valence-corrected chi connectivity index (χ2v) is 6.03. The number of Topliss-reactive ketones (excluding diaryl/α,β-unsaturated/α-hetero) is 1. The molecule has 0 aliphatic carbocycles. The Bertz CT molecular complexity index is 682. The summed E-state index contributed by atoms with van der Waals surface area (Å²) in [6.07, 6.45) is 3.07. The molecule has 126 valence electrons. The fourth-order valence-electron chi connectivity index (χ4n) is 2.41. The summed E-state index contributed by atoms with van der Waals surface area (Å²) in [6.45, 7) is 4.58. The maximum Gasteiger partial charge on any atom is 0.305 e. The Morgan fingerprint density at radius 2 is 1.71 bits per heavy atom. The number of aliphatic carboxylic acids is 1. The first-order valence-corrected chi connectivity index (χ1v) is 7.95. The van der Waals surface area contributed by atoms with Gasteiger partial charge in [-0.05, 0) is 29.2 Å². The number of rotatable bonds is 8. The molecule has 2 N–H and O–H groups in total. The number of carbonyl (C=O) groups excluding carboxylic acids is 1. The summed E-state index contributed by atoms with van der Waals surface area (Å²) in [5.41, 5.74) is 2.61. The number of carboxylic acid groups (broad SMARTS) is 1. The van der Waals surface area contributed by atoms with Crippen LogP contribution in [0.2, 0.25) is 0 Å². The van der Waals surface area contributed by atoms with Crippen molar-refractivity contribution in [2.75, 3.05) is 0 Å². The first kappa shape index (κ1) is 17.8. The third kappa shape index (κ3) is 4.99. The van der Waals surface area contributed by atoms with Gasteiger partial charge in [0.15, 0.2) is 5.78 Å². The van der Waals surface area contributed by atoms with Gasteiger partial charge in [-0.25, -0.2) is 0 Å². The number of hydrogen-bond acceptors (Lipinski definition) is 4. The van der Waals surface area contributed by atoms with Crippen molar-refractivity contribution in [2.45, 2.75) is 38.8 Å². The largest absolute Gasteiger partial charge is 0.481 e. The summed E-state index contributed by atoms with van der Waals surface area (Å²) in [6, 6.07) is 10.2. The van der Waals surface area contributed by atoms with E-state index >= 15 is 0 Å². The lowest BCUT2D eigenvalue weighted by Crippen LogP contribution is -2.38. The van der Waals surface area contributed by atoms with Crippen LogP contribution in [0.15, 0.2) is 48.8 Å². The Hall–Kier alpha value is -2.53. The van der Waals surface area contributed by atoms with Crippen molar-refractivity contribution in [3.8, 4) is 0 Å². The minimum Gasteiger partial charge on any atom is -0.481 e. The summed E-state index contributed by atoms with van der Waals surface area (Å²) in [7, 11) is 0. The van der Waals surface area contributed by atoms with Crippen LogP contribution in [-0.2, 0) is 11.3 Å². The average Bonchev–Trinajstić information content (AvgIpc) is 2.58. The standard InChI is InChI=1S/C19H22N2O3/c1-13(2)15-3-5-16(6-4-15)19(24)17(11-18(22)23)21-12-14-7-9-20-10-8-14/h3-10,13,17,21H,11-12H2,1-2H3,(H,22,23). The minimum atomic E-state index is -1.01. The zero-order valence-electron chi connectivity index (χ0n) is 13.9. The first-order valence-electron chi connectivity index (χ1n) is 7.95. The van der Waals surface area contributed by atoms with Crippen molar-refractivity contribution in [1.29, 1.82) is 0 Å². The van der Waals surface area contributed by atoms with E-state index in [1.807, 2.05) is 24.3 Å². The molecule has 0 fully saturated rings. The molecule has 0 spiro atoms. The van der Waals surface area contributed by atoms with Gasteiger partial charge in [-0.2, -0.15) is 0 Å². The number of nitrogens with zero attached hydrogens (tertiary/aromatic N) is 1. The van der Waals surface area contributed by atoms with Gasteiger partial charge in [-0.3, -0.25) is 14.6 Å². The van der Waals surface area contributed by atoms with Gasteiger partial charge in [0.25, 0.3) is 0 Å². The third-order valence-corrected chi connectivity index (χ3v) is 3.86. The zero-order valence-corrected chi connectivity index (χ0v) is 13.9. The van der Waals surface area contributed by atoms with Crippen LogP contribution in [0.5, 0.6) is 0 Å². The molecule has 0 saturated carbocycles. The summed E-state index contributed by atoms with van der Waals surface area (Å²) in [5, 5.41) is 12.1. The topological polar surface area (TPSA) is 79.3 Å². The fourth-order valence-corrected chi connectivity index (χ4v) is 2.41. The molecule has 0 aliphatic rings. The Balaban J connectivity index is 2.10. The van der Waals surface area contributed by atoms with Gasteiger partial charge in [0.05, 0.1) is 12.5 Å². The fraction of sp³-hybridized carbons (Fsp3) is 0.316. The van der Waals surface area contributed by atoms with Gasteiger partial charge in [-0.1, -0.05) is 38.1 Å². The van der Waals surface area contributed by atoms with Gasteiger partial charge < -0.3 is 10.4 Å². The quantitative estimate of drug-likeness (QED) is 0.729. The number of ketones is 1. The Morgan fingerprint density at radius 1 is 1.08 bits per heavy atom. The van der Waals surface area contributed by atoms with Gasteiger partial charge in [0, 0.05) is 24.5 Å². The predicted molar refractivity (Wildman–Crippen MR) is 92.0 cm³/mol. The predicted octanol–water partition coefficient (Wildman–Crippen LogP) is 3.02. The average molecular weight is 326 g/mol. The molecule has 5 heteroatoms. The molecule has 1 aromatic carbocycles. The zero-order chi connectivity index (χ0) is 17.5. The van der Waals surface area contributed by atoms with Crippen molar-refractivity contribution in [1.82, 2.24) is 10.3 Å². The number of aromatic nitrogens is 1.